The van der Waals surface area contributed by atoms with Crippen LogP contribution in [0, 0.1) is 6.92 Å². The van der Waals surface area contributed by atoms with E-state index in [1.54, 1.807) is 38.6 Å². The third-order valence-corrected chi connectivity index (χ3v) is 9.65. The lowest BCUT2D eigenvalue weighted by molar-refractivity contribution is -0.0644. The maximum absolute atomic E-state index is 13.7. The number of amides is 2. The fourth-order valence-electron chi connectivity index (χ4n) is 6.53. The predicted octanol–water partition coefficient (Wildman–Crippen LogP) is 6.17. The monoisotopic (exact) mass is 709 g/mol. The molecule has 0 bridgehead atoms. The van der Waals surface area contributed by atoms with E-state index in [4.69, 9.17) is 32.7 Å². The first-order valence-corrected chi connectivity index (χ1v) is 17.1. The van der Waals surface area contributed by atoms with Crippen LogP contribution in [0.2, 0.25) is 10.2 Å². The minimum Gasteiger partial charge on any atom is -0.444 e. The van der Waals surface area contributed by atoms with E-state index < -0.39 is 17.3 Å². The fraction of sp³-hybridized carbons (Fsp3) is 0.444. The maximum atomic E-state index is 13.7. The molecule has 4 heterocycles. The number of aromatic nitrogens is 3. The minimum absolute atomic E-state index is 0.0322. The summed E-state index contributed by atoms with van der Waals surface area (Å²) in [6.07, 6.45) is 1.52. The van der Waals surface area contributed by atoms with Gasteiger partial charge in [0.1, 0.15) is 17.1 Å². The van der Waals surface area contributed by atoms with Crippen molar-refractivity contribution in [1.82, 2.24) is 23.9 Å². The average molecular weight is 711 g/mol. The smallest absolute Gasteiger partial charge is 0.410 e. The molecule has 2 fully saturated rings. The molecule has 0 aliphatic carbocycles. The highest BCUT2D eigenvalue weighted by atomic mass is 35.5. The van der Waals surface area contributed by atoms with Gasteiger partial charge in [-0.3, -0.25) is 23.6 Å². The van der Waals surface area contributed by atoms with Gasteiger partial charge in [-0.1, -0.05) is 35.3 Å². The Hall–Kier alpha value is -3.90. The van der Waals surface area contributed by atoms with Crippen molar-refractivity contribution in [3.63, 3.8) is 0 Å². The molecule has 2 aliphatic rings. The van der Waals surface area contributed by atoms with Gasteiger partial charge in [0.25, 0.3) is 11.5 Å². The molecular weight excluding hydrogens is 669 g/mol. The van der Waals surface area contributed by atoms with Crippen molar-refractivity contribution in [2.75, 3.05) is 26.2 Å². The second kappa shape index (κ2) is 13.4. The first-order valence-electron chi connectivity index (χ1n) is 16.4. The van der Waals surface area contributed by atoms with Crippen LogP contribution in [0.4, 0.5) is 4.79 Å². The van der Waals surface area contributed by atoms with Gasteiger partial charge < -0.3 is 19.5 Å². The molecule has 2 aliphatic heterocycles. The zero-order valence-corrected chi connectivity index (χ0v) is 29.8. The van der Waals surface area contributed by atoms with Gasteiger partial charge in [-0.15, -0.1) is 0 Å². The van der Waals surface area contributed by atoms with Crippen molar-refractivity contribution < 1.29 is 24.2 Å². The molecule has 11 nitrogen and oxygen atoms in total. The quantitative estimate of drug-likeness (QED) is 0.263. The maximum Gasteiger partial charge on any atom is 0.410 e. The third-order valence-electron chi connectivity index (χ3n) is 9.14. The topological polar surface area (TPSA) is 119 Å². The molecule has 260 valence electrons. The Balaban J connectivity index is 1.18. The second-order valence-corrected chi connectivity index (χ2v) is 14.9. The summed E-state index contributed by atoms with van der Waals surface area (Å²) in [7, 11) is 0. The molecule has 13 heteroatoms. The molecule has 49 heavy (non-hydrogen) atoms. The molecule has 6 rings (SSSR count). The summed E-state index contributed by atoms with van der Waals surface area (Å²) in [6, 6.07) is 14.0. The summed E-state index contributed by atoms with van der Waals surface area (Å²) < 4.78 is 14.7. The number of aliphatic hydroxyl groups is 1. The first kappa shape index (κ1) is 34.9. The molecular formula is C36H41Cl2N5O6. The summed E-state index contributed by atoms with van der Waals surface area (Å²) in [5.74, 6) is -0.109. The van der Waals surface area contributed by atoms with Crippen LogP contribution >= 0.6 is 23.2 Å². The number of carbonyl (C=O) groups is 2. The van der Waals surface area contributed by atoms with E-state index in [-0.39, 0.29) is 30.2 Å². The number of hydrogen-bond acceptors (Lipinski definition) is 7. The molecule has 4 aromatic rings. The summed E-state index contributed by atoms with van der Waals surface area (Å²) >= 11 is 12.7. The van der Waals surface area contributed by atoms with Crippen LogP contribution in [0.3, 0.4) is 0 Å². The molecule has 1 N–H and O–H groups in total. The van der Waals surface area contributed by atoms with Crippen LogP contribution in [-0.2, 0) is 16.0 Å². The number of rotatable bonds is 5. The standard InChI is InChI=1S/C36H41Cl2N5O6/c1-22-16-25(37)8-11-27(22)32(44)40-14-12-36(47,13-15-40)20-41-21-39-31-28(33(41)45)17-30(38)43(31)26-9-6-24(7-10-26)29-19-48-23(2)18-42(29)34(46)49-35(3,4)5/h6-11,16-17,21,23,29,47H,12-15,18-20H2,1-5H3/t23-,29-/m0/s1. The number of carbonyl (C=O) groups excluding carboxylic acids is 2. The van der Waals surface area contributed by atoms with Gasteiger partial charge in [0.15, 0.2) is 5.65 Å². The first-order chi connectivity index (χ1) is 23.1. The summed E-state index contributed by atoms with van der Waals surface area (Å²) in [6.45, 7) is 10.8. The summed E-state index contributed by atoms with van der Waals surface area (Å²) in [5, 5.41) is 12.7. The Morgan fingerprint density at radius 1 is 1.08 bits per heavy atom. The molecule has 0 radical (unpaired) electrons. The van der Waals surface area contributed by atoms with Gasteiger partial charge in [-0.05, 0) is 95.0 Å². The number of hydrogen-bond donors (Lipinski definition) is 1. The summed E-state index contributed by atoms with van der Waals surface area (Å²) in [4.78, 5) is 47.9. The second-order valence-electron chi connectivity index (χ2n) is 14.1. The number of fused-ring (bicyclic) bond motifs is 1. The molecule has 2 aromatic carbocycles. The molecule has 0 unspecified atom stereocenters. The van der Waals surface area contributed by atoms with Gasteiger partial charge in [-0.25, -0.2) is 9.78 Å². The lowest BCUT2D eigenvalue weighted by Gasteiger charge is -2.39. The highest BCUT2D eigenvalue weighted by molar-refractivity contribution is 6.31. The third kappa shape index (κ3) is 7.35. The SMILES string of the molecule is Cc1cc(Cl)ccc1C(=O)N1CCC(O)(Cn2cnc3c(cc(Cl)n3-c3ccc([C@@H]4CO[C@@H](C)CN4C(=O)OC(C)(C)C)cc3)c2=O)CC1. The zero-order chi connectivity index (χ0) is 35.2. The molecule has 2 amide bonds. The van der Waals surface area contributed by atoms with E-state index in [1.165, 1.54) is 10.9 Å². The van der Waals surface area contributed by atoms with E-state index in [9.17, 15) is 19.5 Å². The molecule has 0 saturated carbocycles. The number of halogens is 2. The minimum atomic E-state index is -1.19. The van der Waals surface area contributed by atoms with Crippen LogP contribution < -0.4 is 5.56 Å². The van der Waals surface area contributed by atoms with Crippen LogP contribution in [0.5, 0.6) is 0 Å². The van der Waals surface area contributed by atoms with Gasteiger partial charge in [0.2, 0.25) is 0 Å². The number of nitrogens with zero attached hydrogens (tertiary/aromatic N) is 5. The van der Waals surface area contributed by atoms with Gasteiger partial charge >= 0.3 is 6.09 Å². The van der Waals surface area contributed by atoms with Crippen LogP contribution in [0.1, 0.15) is 68.1 Å². The largest absolute Gasteiger partial charge is 0.444 e. The van der Waals surface area contributed by atoms with Crippen LogP contribution in [-0.4, -0.2) is 84.6 Å². The Morgan fingerprint density at radius 2 is 1.78 bits per heavy atom. The van der Waals surface area contributed by atoms with E-state index in [2.05, 4.69) is 4.98 Å². The number of ether oxygens (including phenoxy) is 2. The van der Waals surface area contributed by atoms with Gasteiger partial charge in [-0.2, -0.15) is 0 Å². The summed E-state index contributed by atoms with van der Waals surface area (Å²) in [5.41, 5.74) is 1.17. The highest BCUT2D eigenvalue weighted by Gasteiger charge is 2.36. The number of piperidine rings is 1. The zero-order valence-electron chi connectivity index (χ0n) is 28.3. The normalized spacial score (nSPS) is 19.7. The number of morpholine rings is 1. The van der Waals surface area contributed by atoms with E-state index in [0.717, 1.165) is 11.1 Å². The van der Waals surface area contributed by atoms with Crippen molar-refractivity contribution in [3.8, 4) is 5.69 Å². The van der Waals surface area contributed by atoms with Crippen molar-refractivity contribution in [3.05, 3.63) is 92.1 Å². The Kier molecular flexibility index (Phi) is 9.58. The van der Waals surface area contributed by atoms with E-state index in [0.29, 0.717) is 71.5 Å². The van der Waals surface area contributed by atoms with Gasteiger partial charge in [0.05, 0.1) is 42.8 Å². The Morgan fingerprint density at radius 3 is 2.43 bits per heavy atom. The van der Waals surface area contributed by atoms with Gasteiger partial charge in [0, 0.05) is 29.4 Å². The van der Waals surface area contributed by atoms with E-state index in [1.807, 2.05) is 58.9 Å². The van der Waals surface area contributed by atoms with Crippen molar-refractivity contribution in [2.24, 2.45) is 0 Å². The predicted molar refractivity (Wildman–Crippen MR) is 188 cm³/mol. The van der Waals surface area contributed by atoms with Crippen LogP contribution in [0.25, 0.3) is 16.7 Å². The molecule has 2 aromatic heterocycles. The molecule has 2 atom stereocenters. The lowest BCUT2D eigenvalue weighted by Crippen LogP contribution is -2.49. The van der Waals surface area contributed by atoms with E-state index >= 15 is 0 Å². The highest BCUT2D eigenvalue weighted by Crippen LogP contribution is 2.31. The van der Waals surface area contributed by atoms with Crippen LogP contribution in [0.15, 0.2) is 59.7 Å². The number of likely N-dealkylation sites (tertiary alicyclic amines) is 1. The Labute approximate surface area is 294 Å². The van der Waals surface area contributed by atoms with Crippen molar-refractivity contribution >= 4 is 46.2 Å². The average Bonchev–Trinajstić information content (AvgIpc) is 3.38. The molecule has 2 saturated heterocycles. The van der Waals surface area contributed by atoms with Crippen molar-refractivity contribution in [2.45, 2.75) is 77.4 Å². The fourth-order valence-corrected chi connectivity index (χ4v) is 7.04. The molecule has 0 spiro atoms. The Bertz CT molecular complexity index is 1940. The van der Waals surface area contributed by atoms with Crippen molar-refractivity contribution in [1.29, 1.82) is 0 Å². The number of benzene rings is 2. The lowest BCUT2D eigenvalue weighted by atomic mass is 9.90. The number of aryl methyl sites for hydroxylation is 1.